The average Bonchev–Trinajstić information content (AvgIpc) is 3.47. The Bertz CT molecular complexity index is 1180. The van der Waals surface area contributed by atoms with E-state index >= 15 is 0 Å². The fourth-order valence-electron chi connectivity index (χ4n) is 4.62. The predicted octanol–water partition coefficient (Wildman–Crippen LogP) is 2.26. The summed E-state index contributed by atoms with van der Waals surface area (Å²) >= 11 is 0. The fraction of sp³-hybridized carbons (Fsp3) is 0.478. The van der Waals surface area contributed by atoms with Crippen LogP contribution in [-0.2, 0) is 16.4 Å². The second-order valence-electron chi connectivity index (χ2n) is 8.74. The van der Waals surface area contributed by atoms with E-state index in [0.29, 0.717) is 4.90 Å². The molecule has 1 aromatic carbocycles. The minimum absolute atomic E-state index is 0.360. The standard InChI is InChI=1S/C23H30N6O2S/c1-32(30,31)21-7-5-20(6-8-21)27-13-15-28(16-14-27)22-9-4-19-18-24-29(23(19)25-22)17-12-26-10-2-3-11-26/h4-9,18H,2-3,10-17H2,1H3. The number of hydrogen-bond acceptors (Lipinski definition) is 7. The summed E-state index contributed by atoms with van der Waals surface area (Å²) in [6.45, 7) is 7.76. The van der Waals surface area contributed by atoms with Gasteiger partial charge in [0.15, 0.2) is 15.5 Å². The number of piperazine rings is 1. The normalized spacial score (nSPS) is 18.0. The molecule has 0 bridgehead atoms. The molecule has 4 heterocycles. The largest absolute Gasteiger partial charge is 0.368 e. The predicted molar refractivity (Wildman–Crippen MR) is 127 cm³/mol. The van der Waals surface area contributed by atoms with Crippen LogP contribution in [0.2, 0.25) is 0 Å². The van der Waals surface area contributed by atoms with E-state index in [1.165, 1.54) is 32.2 Å². The smallest absolute Gasteiger partial charge is 0.175 e. The lowest BCUT2D eigenvalue weighted by molar-refractivity contribution is 0.317. The number of sulfone groups is 1. The van der Waals surface area contributed by atoms with E-state index in [1.807, 2.05) is 23.0 Å². The first-order valence-electron chi connectivity index (χ1n) is 11.3. The van der Waals surface area contributed by atoms with Gasteiger partial charge in [-0.05, 0) is 62.3 Å². The van der Waals surface area contributed by atoms with Gasteiger partial charge in [-0.3, -0.25) is 0 Å². The van der Waals surface area contributed by atoms with Gasteiger partial charge in [-0.15, -0.1) is 0 Å². The molecule has 2 fully saturated rings. The average molecular weight is 455 g/mol. The molecule has 32 heavy (non-hydrogen) atoms. The first kappa shape index (κ1) is 21.2. The van der Waals surface area contributed by atoms with Crippen LogP contribution in [0.3, 0.4) is 0 Å². The Morgan fingerprint density at radius 1 is 0.844 bits per heavy atom. The molecule has 5 rings (SSSR count). The number of aromatic nitrogens is 3. The van der Waals surface area contributed by atoms with Crippen molar-refractivity contribution in [3.05, 3.63) is 42.6 Å². The summed E-state index contributed by atoms with van der Waals surface area (Å²) in [5.41, 5.74) is 2.01. The summed E-state index contributed by atoms with van der Waals surface area (Å²) in [5.74, 6) is 0.993. The molecule has 170 valence electrons. The third-order valence-corrected chi connectivity index (χ3v) is 7.66. The topological polar surface area (TPSA) is 74.6 Å². The molecule has 2 aliphatic heterocycles. The van der Waals surface area contributed by atoms with Gasteiger partial charge in [0, 0.05) is 50.1 Å². The Labute approximate surface area is 189 Å². The summed E-state index contributed by atoms with van der Waals surface area (Å²) < 4.78 is 25.4. The number of likely N-dealkylation sites (tertiary alicyclic amines) is 1. The molecule has 0 radical (unpaired) electrons. The molecule has 0 N–H and O–H groups in total. The zero-order valence-electron chi connectivity index (χ0n) is 18.5. The number of anilines is 2. The van der Waals surface area contributed by atoms with Crippen LogP contribution < -0.4 is 9.80 Å². The van der Waals surface area contributed by atoms with Crippen molar-refractivity contribution in [3.63, 3.8) is 0 Å². The SMILES string of the molecule is CS(=O)(=O)c1ccc(N2CCN(c3ccc4cnn(CCN5CCCC5)c4n3)CC2)cc1. The van der Waals surface area contributed by atoms with Gasteiger partial charge >= 0.3 is 0 Å². The van der Waals surface area contributed by atoms with Gasteiger partial charge in [-0.2, -0.15) is 5.10 Å². The summed E-state index contributed by atoms with van der Waals surface area (Å²) in [5, 5.41) is 5.66. The van der Waals surface area contributed by atoms with Gasteiger partial charge in [-0.25, -0.2) is 18.1 Å². The summed E-state index contributed by atoms with van der Waals surface area (Å²) in [6.07, 6.45) is 5.75. The third-order valence-electron chi connectivity index (χ3n) is 6.53. The molecule has 2 aliphatic rings. The van der Waals surface area contributed by atoms with Crippen molar-refractivity contribution >= 4 is 32.4 Å². The zero-order chi connectivity index (χ0) is 22.1. The van der Waals surface area contributed by atoms with Gasteiger partial charge in [-0.1, -0.05) is 0 Å². The maximum Gasteiger partial charge on any atom is 0.175 e. The lowest BCUT2D eigenvalue weighted by atomic mass is 10.2. The Hall–Kier alpha value is -2.65. The molecule has 0 saturated carbocycles. The molecule has 0 aliphatic carbocycles. The molecular formula is C23H30N6O2S. The van der Waals surface area contributed by atoms with E-state index < -0.39 is 9.84 Å². The second-order valence-corrected chi connectivity index (χ2v) is 10.8. The highest BCUT2D eigenvalue weighted by molar-refractivity contribution is 7.90. The molecule has 0 amide bonds. The Morgan fingerprint density at radius 2 is 1.53 bits per heavy atom. The van der Waals surface area contributed by atoms with Crippen molar-refractivity contribution in [2.45, 2.75) is 24.3 Å². The second kappa shape index (κ2) is 8.71. The summed E-state index contributed by atoms with van der Waals surface area (Å²) in [4.78, 5) is 12.4. The number of nitrogens with zero attached hydrogens (tertiary/aromatic N) is 6. The molecule has 8 nitrogen and oxygen atoms in total. The van der Waals surface area contributed by atoms with E-state index in [0.717, 1.165) is 61.8 Å². The summed E-state index contributed by atoms with van der Waals surface area (Å²) in [6, 6.07) is 11.4. The Balaban J connectivity index is 1.25. The maximum absolute atomic E-state index is 11.7. The first-order chi connectivity index (χ1) is 15.5. The molecule has 3 aromatic rings. The molecule has 0 spiro atoms. The van der Waals surface area contributed by atoms with Crippen LogP contribution in [0, 0.1) is 0 Å². The quantitative estimate of drug-likeness (QED) is 0.566. The number of hydrogen-bond donors (Lipinski definition) is 0. The number of pyridine rings is 1. The summed E-state index contributed by atoms with van der Waals surface area (Å²) in [7, 11) is -3.17. The number of benzene rings is 1. The monoisotopic (exact) mass is 454 g/mol. The van der Waals surface area contributed by atoms with Crippen LogP contribution in [0.15, 0.2) is 47.5 Å². The fourth-order valence-corrected chi connectivity index (χ4v) is 5.25. The van der Waals surface area contributed by atoms with Crippen LogP contribution in [0.4, 0.5) is 11.5 Å². The zero-order valence-corrected chi connectivity index (χ0v) is 19.3. The van der Waals surface area contributed by atoms with Gasteiger partial charge in [0.25, 0.3) is 0 Å². The van der Waals surface area contributed by atoms with Crippen LogP contribution in [0.25, 0.3) is 11.0 Å². The van der Waals surface area contributed by atoms with Crippen LogP contribution in [0.1, 0.15) is 12.8 Å². The van der Waals surface area contributed by atoms with Crippen molar-refractivity contribution in [2.75, 3.05) is 61.9 Å². The van der Waals surface area contributed by atoms with E-state index in [4.69, 9.17) is 4.98 Å². The highest BCUT2D eigenvalue weighted by Gasteiger charge is 2.20. The van der Waals surface area contributed by atoms with Crippen LogP contribution in [0.5, 0.6) is 0 Å². The number of rotatable bonds is 6. The number of fused-ring (bicyclic) bond motifs is 1. The lowest BCUT2D eigenvalue weighted by Crippen LogP contribution is -2.46. The highest BCUT2D eigenvalue weighted by Crippen LogP contribution is 2.23. The molecule has 2 saturated heterocycles. The van der Waals surface area contributed by atoms with Crippen LogP contribution >= 0.6 is 0 Å². The Morgan fingerprint density at radius 3 is 2.22 bits per heavy atom. The van der Waals surface area contributed by atoms with Crippen molar-refractivity contribution in [1.82, 2.24) is 19.7 Å². The molecule has 2 aromatic heterocycles. The highest BCUT2D eigenvalue weighted by atomic mass is 32.2. The molecule has 0 atom stereocenters. The van der Waals surface area contributed by atoms with Crippen molar-refractivity contribution in [1.29, 1.82) is 0 Å². The minimum atomic E-state index is -3.17. The van der Waals surface area contributed by atoms with Gasteiger partial charge in [0.05, 0.1) is 17.6 Å². The first-order valence-corrected chi connectivity index (χ1v) is 13.2. The van der Waals surface area contributed by atoms with Gasteiger partial charge in [0.1, 0.15) is 5.82 Å². The van der Waals surface area contributed by atoms with E-state index in [-0.39, 0.29) is 0 Å². The van der Waals surface area contributed by atoms with Gasteiger partial charge in [0.2, 0.25) is 0 Å². The van der Waals surface area contributed by atoms with Crippen molar-refractivity contribution in [2.24, 2.45) is 0 Å². The minimum Gasteiger partial charge on any atom is -0.368 e. The van der Waals surface area contributed by atoms with E-state index in [2.05, 4.69) is 31.9 Å². The van der Waals surface area contributed by atoms with E-state index in [9.17, 15) is 8.42 Å². The Kier molecular flexibility index (Phi) is 5.77. The van der Waals surface area contributed by atoms with Crippen molar-refractivity contribution < 1.29 is 8.42 Å². The third kappa shape index (κ3) is 4.45. The van der Waals surface area contributed by atoms with Crippen LogP contribution in [-0.4, -0.2) is 80.2 Å². The molecule has 0 unspecified atom stereocenters. The maximum atomic E-state index is 11.7. The molecule has 9 heteroatoms. The lowest BCUT2D eigenvalue weighted by Gasteiger charge is -2.36. The van der Waals surface area contributed by atoms with Gasteiger partial charge < -0.3 is 14.7 Å². The van der Waals surface area contributed by atoms with Crippen molar-refractivity contribution in [3.8, 4) is 0 Å². The van der Waals surface area contributed by atoms with E-state index in [1.54, 1.807) is 12.1 Å². The molecular weight excluding hydrogens is 424 g/mol.